The van der Waals surface area contributed by atoms with Crippen LogP contribution in [0.3, 0.4) is 0 Å². The molecule has 2 heterocycles. The van der Waals surface area contributed by atoms with Gasteiger partial charge < -0.3 is 29.9 Å². The van der Waals surface area contributed by atoms with Crippen molar-refractivity contribution in [3.05, 3.63) is 23.3 Å². The van der Waals surface area contributed by atoms with Gasteiger partial charge in [0.15, 0.2) is 0 Å². The molecule has 1 saturated heterocycles. The summed E-state index contributed by atoms with van der Waals surface area (Å²) in [5.41, 5.74) is 0.783. The van der Waals surface area contributed by atoms with Crippen LogP contribution in [-0.4, -0.2) is 78.0 Å². The largest absolute Gasteiger partial charge is 0.535 e. The highest BCUT2D eigenvalue weighted by molar-refractivity contribution is 6.48. The van der Waals surface area contributed by atoms with Crippen LogP contribution in [0.1, 0.15) is 35.2 Å². The van der Waals surface area contributed by atoms with E-state index in [-0.39, 0.29) is 59.9 Å². The number of rotatable bonds is 8. The van der Waals surface area contributed by atoms with E-state index in [2.05, 4.69) is 10.2 Å². The predicted octanol–water partition coefficient (Wildman–Crippen LogP) is -0.0772. The van der Waals surface area contributed by atoms with Crippen LogP contribution >= 0.6 is 0 Å². The van der Waals surface area contributed by atoms with Crippen molar-refractivity contribution in [2.45, 2.75) is 31.2 Å². The molecule has 4 rings (SSSR count). The van der Waals surface area contributed by atoms with Gasteiger partial charge in [0.05, 0.1) is 6.61 Å². The maximum atomic E-state index is 11.9. The number of hydrogen-bond donors (Lipinski definition) is 4. The number of carbonyl (C=O) groups excluding carboxylic acids is 1. The number of carbonyl (C=O) groups is 2. The Kier molecular flexibility index (Phi) is 5.41. The van der Waals surface area contributed by atoms with Crippen LogP contribution in [0, 0.1) is 5.92 Å². The highest BCUT2D eigenvalue weighted by atomic mass is 16.5. The standard InChI is InChI=1S/C19H25BN2O7/c1-10(18(24)21-4-5-23)7-22-8-11(9-22)28-15-3-2-12-13-6-14(13)20(27)29-17(12)16(15)19(25)26/h2-3,10-11,13-14,23,27H,4-9H2,1H3,(H,21,24)(H,25,26)/t10-,13-,14-/m0/s1. The molecule has 29 heavy (non-hydrogen) atoms. The van der Waals surface area contributed by atoms with Crippen LogP contribution in [-0.2, 0) is 4.79 Å². The van der Waals surface area contributed by atoms with Gasteiger partial charge in [0.2, 0.25) is 5.91 Å². The van der Waals surface area contributed by atoms with Crippen molar-refractivity contribution in [2.75, 3.05) is 32.8 Å². The van der Waals surface area contributed by atoms with E-state index in [1.54, 1.807) is 6.07 Å². The number of amides is 1. The Morgan fingerprint density at radius 2 is 2.17 bits per heavy atom. The first-order valence-corrected chi connectivity index (χ1v) is 9.91. The zero-order valence-electron chi connectivity index (χ0n) is 16.2. The third-order valence-electron chi connectivity index (χ3n) is 5.82. The van der Waals surface area contributed by atoms with Gasteiger partial charge in [-0.15, -0.1) is 0 Å². The minimum absolute atomic E-state index is 0.0397. The Morgan fingerprint density at radius 3 is 2.86 bits per heavy atom. The van der Waals surface area contributed by atoms with Gasteiger partial charge in [0.1, 0.15) is 23.2 Å². The molecule has 4 N–H and O–H groups in total. The van der Waals surface area contributed by atoms with Crippen molar-refractivity contribution in [2.24, 2.45) is 5.92 Å². The van der Waals surface area contributed by atoms with Crippen molar-refractivity contribution < 1.29 is 34.2 Å². The molecule has 0 unspecified atom stereocenters. The average Bonchev–Trinajstić information content (AvgIpc) is 3.45. The molecule has 0 bridgehead atoms. The first-order valence-electron chi connectivity index (χ1n) is 9.91. The molecule has 0 radical (unpaired) electrons. The van der Waals surface area contributed by atoms with Gasteiger partial charge in [-0.05, 0) is 24.0 Å². The summed E-state index contributed by atoms with van der Waals surface area (Å²) in [7, 11) is -0.974. The maximum Gasteiger partial charge on any atom is 0.526 e. The maximum absolute atomic E-state index is 11.9. The Balaban J connectivity index is 1.37. The van der Waals surface area contributed by atoms with Gasteiger partial charge in [0.25, 0.3) is 0 Å². The molecule has 0 aromatic heterocycles. The van der Waals surface area contributed by atoms with Gasteiger partial charge in [-0.1, -0.05) is 13.0 Å². The van der Waals surface area contributed by atoms with Gasteiger partial charge in [-0.2, -0.15) is 0 Å². The number of ether oxygens (including phenoxy) is 1. The van der Waals surface area contributed by atoms with E-state index in [9.17, 15) is 19.7 Å². The van der Waals surface area contributed by atoms with E-state index < -0.39 is 13.1 Å². The number of carboxylic acid groups (broad SMARTS) is 1. The van der Waals surface area contributed by atoms with Crippen LogP contribution in [0.25, 0.3) is 0 Å². The number of likely N-dealkylation sites (tertiary alicyclic amines) is 1. The Labute approximate surface area is 168 Å². The quantitative estimate of drug-likeness (QED) is 0.443. The molecule has 0 spiro atoms. The lowest BCUT2D eigenvalue weighted by atomic mass is 9.77. The van der Waals surface area contributed by atoms with Crippen LogP contribution < -0.4 is 14.7 Å². The average molecular weight is 404 g/mol. The molecule has 156 valence electrons. The smallest absolute Gasteiger partial charge is 0.526 e. The monoisotopic (exact) mass is 404 g/mol. The first kappa shape index (κ1) is 20.0. The molecule has 2 fully saturated rings. The summed E-state index contributed by atoms with van der Waals surface area (Å²) in [4.78, 5) is 25.8. The van der Waals surface area contributed by atoms with Gasteiger partial charge >= 0.3 is 13.1 Å². The summed E-state index contributed by atoms with van der Waals surface area (Å²) in [6, 6.07) is 3.50. The Morgan fingerprint density at radius 1 is 1.41 bits per heavy atom. The van der Waals surface area contributed by atoms with E-state index in [4.69, 9.17) is 14.5 Å². The molecule has 9 nitrogen and oxygen atoms in total. The van der Waals surface area contributed by atoms with E-state index in [1.807, 2.05) is 13.0 Å². The minimum atomic E-state index is -1.14. The zero-order chi connectivity index (χ0) is 20.7. The summed E-state index contributed by atoms with van der Waals surface area (Å²) in [5.74, 6) is -0.824. The second kappa shape index (κ2) is 7.85. The van der Waals surface area contributed by atoms with Crippen molar-refractivity contribution >= 4 is 19.0 Å². The van der Waals surface area contributed by atoms with Crippen LogP contribution in [0.4, 0.5) is 0 Å². The normalized spacial score (nSPS) is 23.9. The fourth-order valence-corrected chi connectivity index (χ4v) is 4.15. The van der Waals surface area contributed by atoms with E-state index in [1.165, 1.54) is 0 Å². The SMILES string of the molecule is C[C@@H](CN1CC(Oc2ccc3c(c2C(=O)O)OB(O)[C@H]2C[C@@H]32)C1)C(=O)NCCO. The number of aromatic carboxylic acids is 1. The molecule has 1 aromatic carbocycles. The molecule has 10 heteroatoms. The van der Waals surface area contributed by atoms with E-state index >= 15 is 0 Å². The lowest BCUT2D eigenvalue weighted by Crippen LogP contribution is -2.56. The molecule has 1 saturated carbocycles. The van der Waals surface area contributed by atoms with Gasteiger partial charge in [0, 0.05) is 37.9 Å². The number of benzene rings is 1. The third kappa shape index (κ3) is 3.92. The third-order valence-corrected chi connectivity index (χ3v) is 5.82. The molecular weight excluding hydrogens is 379 g/mol. The molecule has 1 aromatic rings. The lowest BCUT2D eigenvalue weighted by molar-refractivity contribution is -0.126. The molecule has 3 aliphatic rings. The number of carboxylic acids is 1. The molecular formula is C19H25BN2O7. The van der Waals surface area contributed by atoms with E-state index in [0.29, 0.717) is 19.6 Å². The van der Waals surface area contributed by atoms with E-state index in [0.717, 1.165) is 12.0 Å². The number of hydrogen-bond acceptors (Lipinski definition) is 7. The number of aliphatic hydroxyl groups is 1. The summed E-state index contributed by atoms with van der Waals surface area (Å²) in [5, 5.41) is 31.1. The Bertz CT molecular complexity index is 814. The molecule has 1 aliphatic carbocycles. The number of nitrogens with zero attached hydrogens (tertiary/aromatic N) is 1. The van der Waals surface area contributed by atoms with Crippen LogP contribution in [0.15, 0.2) is 12.1 Å². The van der Waals surface area contributed by atoms with Crippen molar-refractivity contribution in [3.63, 3.8) is 0 Å². The molecule has 3 atom stereocenters. The van der Waals surface area contributed by atoms with Crippen molar-refractivity contribution in [3.8, 4) is 11.5 Å². The minimum Gasteiger partial charge on any atom is -0.535 e. The Hall–Kier alpha value is -2.30. The van der Waals surface area contributed by atoms with Crippen LogP contribution in [0.5, 0.6) is 11.5 Å². The highest BCUT2D eigenvalue weighted by Crippen LogP contribution is 2.60. The predicted molar refractivity (Wildman–Crippen MR) is 103 cm³/mol. The zero-order valence-corrected chi connectivity index (χ0v) is 16.2. The summed E-state index contributed by atoms with van der Waals surface area (Å²) >= 11 is 0. The fourth-order valence-electron chi connectivity index (χ4n) is 4.15. The summed E-state index contributed by atoms with van der Waals surface area (Å²) in [6.07, 6.45) is 0.621. The summed E-state index contributed by atoms with van der Waals surface area (Å²) in [6.45, 7) is 3.70. The second-order valence-electron chi connectivity index (χ2n) is 8.05. The van der Waals surface area contributed by atoms with Crippen molar-refractivity contribution in [1.29, 1.82) is 0 Å². The highest BCUT2D eigenvalue weighted by Gasteiger charge is 2.54. The van der Waals surface area contributed by atoms with Crippen molar-refractivity contribution in [1.82, 2.24) is 10.2 Å². The first-order chi connectivity index (χ1) is 13.9. The topological polar surface area (TPSA) is 129 Å². The summed E-state index contributed by atoms with van der Waals surface area (Å²) < 4.78 is 11.4. The molecule has 1 amide bonds. The number of fused-ring (bicyclic) bond motifs is 3. The fraction of sp³-hybridized carbons (Fsp3) is 0.579. The number of nitrogens with one attached hydrogen (secondary N) is 1. The second-order valence-corrected chi connectivity index (χ2v) is 8.05. The molecule has 2 aliphatic heterocycles. The number of aliphatic hydroxyl groups excluding tert-OH is 1. The lowest BCUT2D eigenvalue weighted by Gasteiger charge is -2.40. The van der Waals surface area contributed by atoms with Gasteiger partial charge in [-0.25, -0.2) is 4.79 Å². The van der Waals surface area contributed by atoms with Gasteiger partial charge in [-0.3, -0.25) is 9.69 Å². The van der Waals surface area contributed by atoms with Crippen LogP contribution in [0.2, 0.25) is 5.82 Å².